The third-order valence-electron chi connectivity index (χ3n) is 4.50. The molecule has 0 spiro atoms. The van der Waals surface area contributed by atoms with E-state index in [4.69, 9.17) is 0 Å². The number of anilines is 1. The van der Waals surface area contributed by atoms with Gasteiger partial charge < -0.3 is 15.1 Å². The van der Waals surface area contributed by atoms with E-state index >= 15 is 0 Å². The monoisotopic (exact) mass is 344 g/mol. The lowest BCUT2D eigenvalue weighted by atomic mass is 10.2. The number of nitrogens with one attached hydrogen (secondary N) is 1. The molecule has 2 rings (SSSR count). The number of nitrogens with zero attached hydrogens (tertiary/aromatic N) is 3. The molecule has 1 aliphatic rings. The van der Waals surface area contributed by atoms with Gasteiger partial charge in [-0.1, -0.05) is 24.3 Å². The SMILES string of the molecule is CC(CCN1CCN(c2ccccc2)CC1)NC(=O)/C=C/CN(C)C. The van der Waals surface area contributed by atoms with Crippen LogP contribution in [-0.4, -0.2) is 75.1 Å². The van der Waals surface area contributed by atoms with Gasteiger partial charge in [-0.25, -0.2) is 0 Å². The van der Waals surface area contributed by atoms with Crippen molar-refractivity contribution in [2.75, 3.05) is 58.3 Å². The molecule has 1 saturated heterocycles. The Morgan fingerprint density at radius 3 is 2.52 bits per heavy atom. The Hall–Kier alpha value is -1.85. The molecule has 5 heteroatoms. The third kappa shape index (κ3) is 7.28. The highest BCUT2D eigenvalue weighted by atomic mass is 16.1. The Morgan fingerprint density at radius 2 is 1.88 bits per heavy atom. The van der Waals surface area contributed by atoms with E-state index in [-0.39, 0.29) is 11.9 Å². The van der Waals surface area contributed by atoms with Crippen LogP contribution in [0.5, 0.6) is 0 Å². The maximum Gasteiger partial charge on any atom is 0.243 e. The fourth-order valence-corrected chi connectivity index (χ4v) is 2.98. The quantitative estimate of drug-likeness (QED) is 0.730. The Balaban J connectivity index is 1.63. The second kappa shape index (κ2) is 10.2. The van der Waals surface area contributed by atoms with Crippen LogP contribution < -0.4 is 10.2 Å². The first kappa shape index (κ1) is 19.5. The number of hydrogen-bond acceptors (Lipinski definition) is 4. The van der Waals surface area contributed by atoms with Gasteiger partial charge in [0, 0.05) is 57.1 Å². The maximum absolute atomic E-state index is 11.8. The number of piperazine rings is 1. The van der Waals surface area contributed by atoms with E-state index in [1.807, 2.05) is 25.1 Å². The van der Waals surface area contributed by atoms with E-state index in [0.29, 0.717) is 0 Å². The molecule has 0 bridgehead atoms. The van der Waals surface area contributed by atoms with Gasteiger partial charge in [0.1, 0.15) is 0 Å². The highest BCUT2D eigenvalue weighted by Gasteiger charge is 2.17. The molecule has 1 fully saturated rings. The molecule has 1 aliphatic heterocycles. The zero-order valence-electron chi connectivity index (χ0n) is 15.8. The highest BCUT2D eigenvalue weighted by molar-refractivity contribution is 5.87. The van der Waals surface area contributed by atoms with Gasteiger partial charge in [0.25, 0.3) is 0 Å². The molecule has 138 valence electrons. The summed E-state index contributed by atoms with van der Waals surface area (Å²) < 4.78 is 0. The van der Waals surface area contributed by atoms with Crippen LogP contribution in [0.25, 0.3) is 0 Å². The van der Waals surface area contributed by atoms with Crippen molar-refractivity contribution in [1.82, 2.24) is 15.1 Å². The van der Waals surface area contributed by atoms with E-state index in [9.17, 15) is 4.79 Å². The molecule has 1 unspecified atom stereocenters. The number of hydrogen-bond donors (Lipinski definition) is 1. The van der Waals surface area contributed by atoms with Crippen LogP contribution in [0.4, 0.5) is 5.69 Å². The van der Waals surface area contributed by atoms with Crippen LogP contribution >= 0.6 is 0 Å². The molecule has 1 atom stereocenters. The number of amides is 1. The van der Waals surface area contributed by atoms with Gasteiger partial charge >= 0.3 is 0 Å². The summed E-state index contributed by atoms with van der Waals surface area (Å²) >= 11 is 0. The summed E-state index contributed by atoms with van der Waals surface area (Å²) in [4.78, 5) is 18.8. The van der Waals surface area contributed by atoms with Gasteiger partial charge in [-0.3, -0.25) is 9.69 Å². The molecule has 5 nitrogen and oxygen atoms in total. The average molecular weight is 345 g/mol. The first-order valence-electron chi connectivity index (χ1n) is 9.18. The lowest BCUT2D eigenvalue weighted by Crippen LogP contribution is -2.47. The molecular weight excluding hydrogens is 312 g/mol. The highest BCUT2D eigenvalue weighted by Crippen LogP contribution is 2.15. The maximum atomic E-state index is 11.8. The summed E-state index contributed by atoms with van der Waals surface area (Å²) in [7, 11) is 3.98. The fraction of sp³-hybridized carbons (Fsp3) is 0.550. The first-order chi connectivity index (χ1) is 12.0. The number of benzene rings is 1. The summed E-state index contributed by atoms with van der Waals surface area (Å²) in [5.74, 6) is 0.00301. The van der Waals surface area contributed by atoms with Crippen molar-refractivity contribution in [3.63, 3.8) is 0 Å². The molecular formula is C20H32N4O. The van der Waals surface area contributed by atoms with Crippen molar-refractivity contribution >= 4 is 11.6 Å². The second-order valence-corrected chi connectivity index (χ2v) is 7.03. The molecule has 1 aromatic carbocycles. The fourth-order valence-electron chi connectivity index (χ4n) is 2.98. The minimum Gasteiger partial charge on any atom is -0.369 e. The zero-order valence-corrected chi connectivity index (χ0v) is 15.8. The first-order valence-corrected chi connectivity index (χ1v) is 9.18. The van der Waals surface area contributed by atoms with Crippen molar-refractivity contribution in [2.24, 2.45) is 0 Å². The van der Waals surface area contributed by atoms with Gasteiger partial charge in [0.05, 0.1) is 0 Å². The molecule has 0 radical (unpaired) electrons. The number of rotatable bonds is 8. The van der Waals surface area contributed by atoms with E-state index in [2.05, 4.69) is 52.4 Å². The smallest absolute Gasteiger partial charge is 0.243 e. The van der Waals surface area contributed by atoms with Crippen molar-refractivity contribution in [1.29, 1.82) is 0 Å². The molecule has 1 aromatic rings. The largest absolute Gasteiger partial charge is 0.369 e. The van der Waals surface area contributed by atoms with Crippen LogP contribution in [0.15, 0.2) is 42.5 Å². The summed E-state index contributed by atoms with van der Waals surface area (Å²) in [6, 6.07) is 10.8. The molecule has 0 aliphatic carbocycles. The molecule has 0 saturated carbocycles. The average Bonchev–Trinajstić information content (AvgIpc) is 2.61. The predicted molar refractivity (Wildman–Crippen MR) is 105 cm³/mol. The normalized spacial score (nSPS) is 17.2. The van der Waals surface area contributed by atoms with Gasteiger partial charge in [-0.05, 0) is 39.6 Å². The van der Waals surface area contributed by atoms with Crippen LogP contribution in [0, 0.1) is 0 Å². The van der Waals surface area contributed by atoms with Gasteiger partial charge in [-0.2, -0.15) is 0 Å². The molecule has 25 heavy (non-hydrogen) atoms. The van der Waals surface area contributed by atoms with Crippen molar-refractivity contribution < 1.29 is 4.79 Å². The standard InChI is InChI=1S/C20H32N4O/c1-18(21-20(25)10-7-12-22(2)3)11-13-23-14-16-24(17-15-23)19-8-5-4-6-9-19/h4-10,18H,11-17H2,1-3H3,(H,21,25)/b10-7+. The van der Waals surface area contributed by atoms with E-state index in [1.165, 1.54) is 5.69 Å². The Morgan fingerprint density at radius 1 is 1.20 bits per heavy atom. The molecule has 1 heterocycles. The lowest BCUT2D eigenvalue weighted by molar-refractivity contribution is -0.117. The number of para-hydroxylation sites is 1. The molecule has 1 amide bonds. The summed E-state index contributed by atoms with van der Waals surface area (Å²) in [5, 5.41) is 3.05. The summed E-state index contributed by atoms with van der Waals surface area (Å²) in [6.07, 6.45) is 4.51. The Kier molecular flexibility index (Phi) is 7.95. The zero-order chi connectivity index (χ0) is 18.1. The van der Waals surface area contributed by atoms with Crippen LogP contribution in [0.2, 0.25) is 0 Å². The number of carbonyl (C=O) groups excluding carboxylic acids is 1. The summed E-state index contributed by atoms with van der Waals surface area (Å²) in [5.41, 5.74) is 1.31. The van der Waals surface area contributed by atoms with Crippen molar-refractivity contribution in [2.45, 2.75) is 19.4 Å². The number of carbonyl (C=O) groups is 1. The second-order valence-electron chi connectivity index (χ2n) is 7.03. The van der Waals surface area contributed by atoms with Gasteiger partial charge in [0.2, 0.25) is 5.91 Å². The van der Waals surface area contributed by atoms with Crippen LogP contribution in [0.1, 0.15) is 13.3 Å². The predicted octanol–water partition coefficient (Wildman–Crippen LogP) is 1.82. The minimum absolute atomic E-state index is 0.00301. The van der Waals surface area contributed by atoms with Crippen molar-refractivity contribution in [3.8, 4) is 0 Å². The van der Waals surface area contributed by atoms with Crippen molar-refractivity contribution in [3.05, 3.63) is 42.5 Å². The Labute approximate surface area is 152 Å². The number of likely N-dealkylation sites (N-methyl/N-ethyl adjacent to an activating group) is 1. The van der Waals surface area contributed by atoms with E-state index in [0.717, 1.165) is 45.7 Å². The summed E-state index contributed by atoms with van der Waals surface area (Å²) in [6.45, 7) is 8.20. The van der Waals surface area contributed by atoms with Crippen LogP contribution in [-0.2, 0) is 4.79 Å². The molecule has 1 N–H and O–H groups in total. The third-order valence-corrected chi connectivity index (χ3v) is 4.50. The lowest BCUT2D eigenvalue weighted by Gasteiger charge is -2.36. The van der Waals surface area contributed by atoms with Crippen LogP contribution in [0.3, 0.4) is 0 Å². The van der Waals surface area contributed by atoms with Gasteiger partial charge in [-0.15, -0.1) is 0 Å². The Bertz CT molecular complexity index is 536. The topological polar surface area (TPSA) is 38.8 Å². The van der Waals surface area contributed by atoms with E-state index < -0.39 is 0 Å². The minimum atomic E-state index is 0.00301. The van der Waals surface area contributed by atoms with E-state index in [1.54, 1.807) is 6.08 Å². The molecule has 0 aromatic heterocycles. The van der Waals surface area contributed by atoms with Gasteiger partial charge in [0.15, 0.2) is 0 Å².